The lowest BCUT2D eigenvalue weighted by atomic mass is 10.2. The Morgan fingerprint density at radius 2 is 1.61 bits per heavy atom. The van der Waals surface area contributed by atoms with Gasteiger partial charge in [-0.2, -0.15) is 0 Å². The summed E-state index contributed by atoms with van der Waals surface area (Å²) in [6.45, 7) is 4.53. The maximum Gasteiger partial charge on any atom is 0.203 e. The molecule has 100 valence electrons. The number of rotatable bonds is 6. The summed E-state index contributed by atoms with van der Waals surface area (Å²) in [6, 6.07) is 3.56. The van der Waals surface area contributed by atoms with Gasteiger partial charge in [0.2, 0.25) is 5.75 Å². The van der Waals surface area contributed by atoms with Crippen LogP contribution in [0.3, 0.4) is 0 Å². The van der Waals surface area contributed by atoms with Crippen molar-refractivity contribution in [2.75, 3.05) is 27.9 Å². The molecule has 0 spiro atoms. The lowest BCUT2D eigenvalue weighted by Crippen LogP contribution is -2.01. The van der Waals surface area contributed by atoms with Crippen LogP contribution in [0, 0.1) is 0 Å². The van der Waals surface area contributed by atoms with Gasteiger partial charge in [-0.05, 0) is 19.4 Å². The number of hydrogen-bond acceptors (Lipinski definition) is 4. The molecule has 0 atom stereocenters. The van der Waals surface area contributed by atoms with Crippen LogP contribution in [0.2, 0.25) is 0 Å². The molecule has 4 heteroatoms. The SMILES string of the molecule is CC=C(C)COc1cc(OC)c(OC)c(OC)c1. The van der Waals surface area contributed by atoms with Crippen LogP contribution in [0.5, 0.6) is 23.0 Å². The van der Waals surface area contributed by atoms with Crippen molar-refractivity contribution in [2.45, 2.75) is 13.8 Å². The molecular formula is C14H20O4. The molecular weight excluding hydrogens is 232 g/mol. The maximum atomic E-state index is 5.66. The molecule has 0 unspecified atom stereocenters. The van der Waals surface area contributed by atoms with Crippen molar-refractivity contribution in [3.63, 3.8) is 0 Å². The Kier molecular flexibility index (Phi) is 5.36. The number of hydrogen-bond donors (Lipinski definition) is 0. The highest BCUT2D eigenvalue weighted by Crippen LogP contribution is 2.40. The smallest absolute Gasteiger partial charge is 0.203 e. The van der Waals surface area contributed by atoms with Gasteiger partial charge in [0.1, 0.15) is 12.4 Å². The standard InChI is InChI=1S/C14H20O4/c1-6-10(2)9-18-11-7-12(15-3)14(17-5)13(8-11)16-4/h6-8H,9H2,1-5H3. The molecule has 0 bridgehead atoms. The Labute approximate surface area is 108 Å². The van der Waals surface area contributed by atoms with Gasteiger partial charge in [-0.3, -0.25) is 0 Å². The van der Waals surface area contributed by atoms with Crippen molar-refractivity contribution >= 4 is 0 Å². The molecule has 0 aliphatic rings. The minimum absolute atomic E-state index is 0.537. The number of allylic oxidation sites excluding steroid dienone is 1. The van der Waals surface area contributed by atoms with Gasteiger partial charge in [-0.1, -0.05) is 6.08 Å². The van der Waals surface area contributed by atoms with E-state index in [9.17, 15) is 0 Å². The van der Waals surface area contributed by atoms with Crippen molar-refractivity contribution in [3.8, 4) is 23.0 Å². The van der Waals surface area contributed by atoms with Crippen LogP contribution in [-0.4, -0.2) is 27.9 Å². The average molecular weight is 252 g/mol. The molecule has 0 fully saturated rings. The van der Waals surface area contributed by atoms with Gasteiger partial charge in [0.15, 0.2) is 11.5 Å². The van der Waals surface area contributed by atoms with Crippen LogP contribution in [0.1, 0.15) is 13.8 Å². The van der Waals surface area contributed by atoms with E-state index in [0.717, 1.165) is 5.57 Å². The fourth-order valence-electron chi connectivity index (χ4n) is 1.42. The van der Waals surface area contributed by atoms with Gasteiger partial charge in [-0.25, -0.2) is 0 Å². The van der Waals surface area contributed by atoms with Gasteiger partial charge in [-0.15, -0.1) is 0 Å². The fraction of sp³-hybridized carbons (Fsp3) is 0.429. The van der Waals surface area contributed by atoms with Crippen LogP contribution >= 0.6 is 0 Å². The van der Waals surface area contributed by atoms with E-state index in [4.69, 9.17) is 18.9 Å². The number of ether oxygens (including phenoxy) is 4. The molecule has 0 aromatic heterocycles. The molecule has 0 amide bonds. The lowest BCUT2D eigenvalue weighted by molar-refractivity contribution is 0.311. The van der Waals surface area contributed by atoms with Crippen molar-refractivity contribution in [2.24, 2.45) is 0 Å². The van der Waals surface area contributed by atoms with E-state index in [-0.39, 0.29) is 0 Å². The third-order valence-electron chi connectivity index (χ3n) is 2.60. The Bertz CT molecular complexity index is 399. The summed E-state index contributed by atoms with van der Waals surface area (Å²) in [5.41, 5.74) is 1.16. The van der Waals surface area contributed by atoms with Crippen LogP contribution in [0.25, 0.3) is 0 Å². The Morgan fingerprint density at radius 1 is 1.06 bits per heavy atom. The topological polar surface area (TPSA) is 36.9 Å². The summed E-state index contributed by atoms with van der Waals surface area (Å²) < 4.78 is 21.4. The molecule has 0 radical (unpaired) electrons. The molecule has 1 aromatic carbocycles. The van der Waals surface area contributed by atoms with Crippen molar-refractivity contribution < 1.29 is 18.9 Å². The zero-order valence-corrected chi connectivity index (χ0v) is 11.6. The first-order valence-corrected chi connectivity index (χ1v) is 5.70. The second-order valence-electron chi connectivity index (χ2n) is 3.78. The van der Waals surface area contributed by atoms with E-state index < -0.39 is 0 Å². The van der Waals surface area contributed by atoms with Gasteiger partial charge in [0, 0.05) is 12.1 Å². The second kappa shape index (κ2) is 6.79. The molecule has 1 rings (SSSR count). The molecule has 0 aliphatic heterocycles. The Morgan fingerprint density at radius 3 is 2.00 bits per heavy atom. The normalized spacial score (nSPS) is 11.1. The van der Waals surface area contributed by atoms with Crippen LogP contribution in [-0.2, 0) is 0 Å². The van der Waals surface area contributed by atoms with Gasteiger partial charge in [0.05, 0.1) is 21.3 Å². The predicted molar refractivity (Wildman–Crippen MR) is 71.0 cm³/mol. The highest BCUT2D eigenvalue weighted by atomic mass is 16.5. The highest BCUT2D eigenvalue weighted by Gasteiger charge is 2.13. The summed E-state index contributed by atoms with van der Waals surface area (Å²) in [7, 11) is 4.74. The molecule has 0 heterocycles. The quantitative estimate of drug-likeness (QED) is 0.729. The Balaban J connectivity index is 3.00. The molecule has 0 N–H and O–H groups in total. The molecule has 0 saturated carbocycles. The van der Waals surface area contributed by atoms with Gasteiger partial charge < -0.3 is 18.9 Å². The fourth-order valence-corrected chi connectivity index (χ4v) is 1.42. The maximum absolute atomic E-state index is 5.66. The largest absolute Gasteiger partial charge is 0.493 e. The summed E-state index contributed by atoms with van der Waals surface area (Å²) in [4.78, 5) is 0. The van der Waals surface area contributed by atoms with Gasteiger partial charge >= 0.3 is 0 Å². The summed E-state index contributed by atoms with van der Waals surface area (Å²) in [5, 5.41) is 0. The predicted octanol–water partition coefficient (Wildman–Crippen LogP) is 3.06. The summed E-state index contributed by atoms with van der Waals surface area (Å²) in [6.07, 6.45) is 2.01. The molecule has 18 heavy (non-hydrogen) atoms. The first-order valence-electron chi connectivity index (χ1n) is 5.70. The molecule has 1 aromatic rings. The molecule has 4 nitrogen and oxygen atoms in total. The average Bonchev–Trinajstić information content (AvgIpc) is 2.43. The molecule has 0 saturated heterocycles. The first kappa shape index (κ1) is 14.2. The van der Waals surface area contributed by atoms with Crippen molar-refractivity contribution in [1.82, 2.24) is 0 Å². The van der Waals surface area contributed by atoms with Gasteiger partial charge in [0.25, 0.3) is 0 Å². The lowest BCUT2D eigenvalue weighted by Gasteiger charge is -2.14. The minimum atomic E-state index is 0.537. The second-order valence-corrected chi connectivity index (χ2v) is 3.78. The zero-order chi connectivity index (χ0) is 13.5. The number of methoxy groups -OCH3 is 3. The summed E-state index contributed by atoms with van der Waals surface area (Å²) >= 11 is 0. The van der Waals surface area contributed by atoms with Crippen LogP contribution in [0.4, 0.5) is 0 Å². The van der Waals surface area contributed by atoms with E-state index in [1.165, 1.54) is 0 Å². The summed E-state index contributed by atoms with van der Waals surface area (Å²) in [5.74, 6) is 2.43. The van der Waals surface area contributed by atoms with E-state index in [1.54, 1.807) is 33.5 Å². The number of benzene rings is 1. The van der Waals surface area contributed by atoms with Crippen molar-refractivity contribution in [1.29, 1.82) is 0 Å². The monoisotopic (exact) mass is 252 g/mol. The van der Waals surface area contributed by atoms with E-state index >= 15 is 0 Å². The van der Waals surface area contributed by atoms with Crippen LogP contribution < -0.4 is 18.9 Å². The third kappa shape index (κ3) is 3.32. The molecule has 0 aliphatic carbocycles. The first-order chi connectivity index (χ1) is 8.65. The van der Waals surface area contributed by atoms with E-state index in [0.29, 0.717) is 29.6 Å². The van der Waals surface area contributed by atoms with Crippen molar-refractivity contribution in [3.05, 3.63) is 23.8 Å². The zero-order valence-electron chi connectivity index (χ0n) is 11.6. The third-order valence-corrected chi connectivity index (χ3v) is 2.60. The van der Waals surface area contributed by atoms with E-state index in [1.807, 2.05) is 19.9 Å². The Hall–Kier alpha value is -1.84. The highest BCUT2D eigenvalue weighted by molar-refractivity contribution is 5.55. The van der Waals surface area contributed by atoms with Crippen LogP contribution in [0.15, 0.2) is 23.8 Å². The van der Waals surface area contributed by atoms with E-state index in [2.05, 4.69) is 0 Å². The minimum Gasteiger partial charge on any atom is -0.493 e.